The SMILES string of the molecule is CCC/C=C(\C)c1cccc(C)c1C/C=C(\C)c1cccc(CCC)c1. The van der Waals surface area contributed by atoms with Crippen LogP contribution in [0.3, 0.4) is 0 Å². The fraction of sp³-hybridized carbons (Fsp3) is 0.385. The van der Waals surface area contributed by atoms with Gasteiger partial charge in [0.15, 0.2) is 0 Å². The maximum atomic E-state index is 2.39. The first-order valence-corrected chi connectivity index (χ1v) is 10.1. The number of hydrogen-bond donors (Lipinski definition) is 0. The van der Waals surface area contributed by atoms with Gasteiger partial charge >= 0.3 is 0 Å². The fourth-order valence-electron chi connectivity index (χ4n) is 3.45. The van der Waals surface area contributed by atoms with Gasteiger partial charge in [-0.2, -0.15) is 0 Å². The number of rotatable bonds is 8. The molecule has 2 rings (SSSR count). The molecular weight excluding hydrogens is 312 g/mol. The van der Waals surface area contributed by atoms with Crippen LogP contribution in [0, 0.1) is 6.92 Å². The highest BCUT2D eigenvalue weighted by atomic mass is 14.1. The quantitative estimate of drug-likeness (QED) is 0.457. The molecule has 0 heterocycles. The molecule has 2 aromatic carbocycles. The summed E-state index contributed by atoms with van der Waals surface area (Å²) in [7, 11) is 0. The largest absolute Gasteiger partial charge is 0.0810 e. The topological polar surface area (TPSA) is 0 Å². The van der Waals surface area contributed by atoms with Crippen molar-refractivity contribution >= 4 is 11.1 Å². The number of aryl methyl sites for hydroxylation is 2. The molecule has 26 heavy (non-hydrogen) atoms. The van der Waals surface area contributed by atoms with E-state index in [1.165, 1.54) is 51.8 Å². The normalized spacial score (nSPS) is 12.5. The molecule has 0 atom stereocenters. The Kier molecular flexibility index (Phi) is 7.91. The monoisotopic (exact) mass is 346 g/mol. The van der Waals surface area contributed by atoms with Crippen LogP contribution in [0.15, 0.2) is 54.6 Å². The number of unbranched alkanes of at least 4 members (excludes halogenated alkanes) is 1. The predicted molar refractivity (Wildman–Crippen MR) is 118 cm³/mol. The first-order chi connectivity index (χ1) is 12.6. The van der Waals surface area contributed by atoms with Crippen molar-refractivity contribution in [3.63, 3.8) is 0 Å². The van der Waals surface area contributed by atoms with E-state index in [0.29, 0.717) is 0 Å². The Bertz CT molecular complexity index is 774. The van der Waals surface area contributed by atoms with Gasteiger partial charge in [0.1, 0.15) is 0 Å². The molecule has 0 heteroatoms. The Morgan fingerprint density at radius 1 is 0.885 bits per heavy atom. The van der Waals surface area contributed by atoms with E-state index in [2.05, 4.69) is 89.2 Å². The van der Waals surface area contributed by atoms with Crippen molar-refractivity contribution in [1.82, 2.24) is 0 Å². The summed E-state index contributed by atoms with van der Waals surface area (Å²) < 4.78 is 0. The Hall–Kier alpha value is -2.08. The highest BCUT2D eigenvalue weighted by molar-refractivity contribution is 5.69. The summed E-state index contributed by atoms with van der Waals surface area (Å²) in [6, 6.07) is 15.7. The van der Waals surface area contributed by atoms with Gasteiger partial charge in [0, 0.05) is 0 Å². The van der Waals surface area contributed by atoms with Crippen LogP contribution in [0.1, 0.15) is 74.8 Å². The zero-order chi connectivity index (χ0) is 18.9. The summed E-state index contributed by atoms with van der Waals surface area (Å²) in [5.74, 6) is 0. The van der Waals surface area contributed by atoms with E-state index >= 15 is 0 Å². The van der Waals surface area contributed by atoms with E-state index in [-0.39, 0.29) is 0 Å². The standard InChI is InChI=1S/C26H34/c1-6-8-12-21(4)25-16-9-13-22(5)26(25)18-17-20(3)24-15-10-14-23(19-24)11-7-2/h9-10,12-17,19H,6-8,11,18H2,1-5H3/b20-17+,21-12+. The molecule has 0 radical (unpaired) electrons. The minimum absolute atomic E-state index is 0.989. The van der Waals surface area contributed by atoms with Crippen LogP contribution < -0.4 is 0 Å². The van der Waals surface area contributed by atoms with Crippen LogP contribution in [0.25, 0.3) is 11.1 Å². The molecule has 138 valence electrons. The van der Waals surface area contributed by atoms with Crippen molar-refractivity contribution in [1.29, 1.82) is 0 Å². The average Bonchev–Trinajstić information content (AvgIpc) is 2.65. The first kappa shape index (κ1) is 20.2. The molecule has 0 spiro atoms. The fourth-order valence-corrected chi connectivity index (χ4v) is 3.45. The van der Waals surface area contributed by atoms with Gasteiger partial charge in [-0.3, -0.25) is 0 Å². The minimum Gasteiger partial charge on any atom is -0.0810 e. The van der Waals surface area contributed by atoms with Gasteiger partial charge < -0.3 is 0 Å². The van der Waals surface area contributed by atoms with Gasteiger partial charge in [-0.05, 0) is 79.0 Å². The van der Waals surface area contributed by atoms with Crippen LogP contribution in [0.5, 0.6) is 0 Å². The highest BCUT2D eigenvalue weighted by Gasteiger charge is 2.07. The van der Waals surface area contributed by atoms with Gasteiger partial charge in [-0.15, -0.1) is 0 Å². The zero-order valence-electron chi connectivity index (χ0n) is 17.2. The Labute approximate surface area is 160 Å². The summed E-state index contributed by atoms with van der Waals surface area (Å²) in [4.78, 5) is 0. The number of allylic oxidation sites excluding steroid dienone is 4. The molecule has 0 bridgehead atoms. The van der Waals surface area contributed by atoms with Gasteiger partial charge in [-0.25, -0.2) is 0 Å². The second-order valence-corrected chi connectivity index (χ2v) is 7.32. The summed E-state index contributed by atoms with van der Waals surface area (Å²) in [6.07, 6.45) is 10.5. The van der Waals surface area contributed by atoms with Crippen LogP contribution >= 0.6 is 0 Å². The van der Waals surface area contributed by atoms with Crippen molar-refractivity contribution in [2.24, 2.45) is 0 Å². The predicted octanol–water partition coefficient (Wildman–Crippen LogP) is 7.80. The molecule has 0 nitrogen and oxygen atoms in total. The zero-order valence-corrected chi connectivity index (χ0v) is 17.2. The second-order valence-electron chi connectivity index (χ2n) is 7.32. The van der Waals surface area contributed by atoms with Crippen LogP contribution in [-0.4, -0.2) is 0 Å². The van der Waals surface area contributed by atoms with E-state index in [4.69, 9.17) is 0 Å². The van der Waals surface area contributed by atoms with E-state index in [1.54, 1.807) is 0 Å². The lowest BCUT2D eigenvalue weighted by Gasteiger charge is -2.13. The van der Waals surface area contributed by atoms with Crippen LogP contribution in [0.2, 0.25) is 0 Å². The van der Waals surface area contributed by atoms with E-state index in [9.17, 15) is 0 Å². The van der Waals surface area contributed by atoms with Gasteiger partial charge in [0.05, 0.1) is 0 Å². The maximum Gasteiger partial charge on any atom is -0.00828 e. The molecule has 0 saturated carbocycles. The van der Waals surface area contributed by atoms with Crippen molar-refractivity contribution in [2.45, 2.75) is 66.7 Å². The molecule has 0 amide bonds. The van der Waals surface area contributed by atoms with Crippen molar-refractivity contribution in [2.75, 3.05) is 0 Å². The van der Waals surface area contributed by atoms with E-state index in [0.717, 1.165) is 19.3 Å². The maximum absolute atomic E-state index is 2.39. The van der Waals surface area contributed by atoms with E-state index < -0.39 is 0 Å². The van der Waals surface area contributed by atoms with Crippen molar-refractivity contribution in [3.8, 4) is 0 Å². The van der Waals surface area contributed by atoms with Crippen molar-refractivity contribution in [3.05, 3.63) is 82.4 Å². The van der Waals surface area contributed by atoms with Crippen LogP contribution in [0.4, 0.5) is 0 Å². The third-order valence-corrected chi connectivity index (χ3v) is 5.11. The van der Waals surface area contributed by atoms with Gasteiger partial charge in [0.2, 0.25) is 0 Å². The molecule has 0 aromatic heterocycles. The molecule has 0 aliphatic heterocycles. The lowest BCUT2D eigenvalue weighted by atomic mass is 9.92. The highest BCUT2D eigenvalue weighted by Crippen LogP contribution is 2.25. The van der Waals surface area contributed by atoms with Gasteiger partial charge in [0.25, 0.3) is 0 Å². The number of hydrogen-bond acceptors (Lipinski definition) is 0. The van der Waals surface area contributed by atoms with Gasteiger partial charge in [-0.1, -0.05) is 81.3 Å². The summed E-state index contributed by atoms with van der Waals surface area (Å²) in [5, 5.41) is 0. The Morgan fingerprint density at radius 3 is 2.38 bits per heavy atom. The summed E-state index contributed by atoms with van der Waals surface area (Å²) >= 11 is 0. The van der Waals surface area contributed by atoms with Crippen molar-refractivity contribution < 1.29 is 0 Å². The van der Waals surface area contributed by atoms with Crippen LogP contribution in [-0.2, 0) is 12.8 Å². The summed E-state index contributed by atoms with van der Waals surface area (Å²) in [5.41, 5.74) is 9.81. The molecule has 0 saturated heterocycles. The molecule has 0 aliphatic carbocycles. The molecule has 0 unspecified atom stereocenters. The smallest absolute Gasteiger partial charge is 0.00828 e. The molecule has 0 fully saturated rings. The minimum atomic E-state index is 0.989. The average molecular weight is 347 g/mol. The lowest BCUT2D eigenvalue weighted by Crippen LogP contribution is -1.95. The lowest BCUT2D eigenvalue weighted by molar-refractivity contribution is 0.921. The number of benzene rings is 2. The third-order valence-electron chi connectivity index (χ3n) is 5.11. The molecular formula is C26H34. The Morgan fingerprint density at radius 2 is 1.65 bits per heavy atom. The second kappa shape index (κ2) is 10.2. The molecule has 0 aliphatic rings. The first-order valence-electron chi connectivity index (χ1n) is 10.1. The summed E-state index contributed by atoms with van der Waals surface area (Å²) in [6.45, 7) is 11.2. The molecule has 2 aromatic rings. The third kappa shape index (κ3) is 5.46. The van der Waals surface area contributed by atoms with E-state index in [1.807, 2.05) is 0 Å². The Balaban J connectivity index is 2.28. The molecule has 0 N–H and O–H groups in total.